The maximum absolute atomic E-state index is 12.7. The van der Waals surface area contributed by atoms with Crippen LogP contribution in [0.15, 0.2) is 24.3 Å². The number of para-hydroxylation sites is 1. The van der Waals surface area contributed by atoms with Crippen molar-refractivity contribution in [3.63, 3.8) is 0 Å². The molecule has 0 bridgehead atoms. The molecule has 3 rings (SSSR count). The van der Waals surface area contributed by atoms with E-state index in [-0.39, 0.29) is 5.91 Å². The van der Waals surface area contributed by atoms with Crippen molar-refractivity contribution in [2.45, 2.75) is 26.7 Å². The maximum Gasteiger partial charge on any atom is 0.227 e. The summed E-state index contributed by atoms with van der Waals surface area (Å²) in [5.74, 6) is 0.226. The smallest absolute Gasteiger partial charge is 0.227 e. The van der Waals surface area contributed by atoms with E-state index < -0.39 is 0 Å². The summed E-state index contributed by atoms with van der Waals surface area (Å²) in [6, 6.07) is 8.16. The van der Waals surface area contributed by atoms with E-state index in [1.165, 1.54) is 5.56 Å². The number of benzene rings is 1. The molecular formula is C19H25N3O. The van der Waals surface area contributed by atoms with Gasteiger partial charge in [-0.15, -0.1) is 0 Å². The van der Waals surface area contributed by atoms with E-state index in [1.54, 1.807) is 0 Å². The summed E-state index contributed by atoms with van der Waals surface area (Å²) in [6.07, 6.45) is 1.51. The van der Waals surface area contributed by atoms with E-state index in [2.05, 4.69) is 29.9 Å². The van der Waals surface area contributed by atoms with E-state index in [0.717, 1.165) is 54.8 Å². The number of likely N-dealkylation sites (N-methyl/N-ethyl adjacent to an activating group) is 1. The van der Waals surface area contributed by atoms with E-state index >= 15 is 0 Å². The van der Waals surface area contributed by atoms with Gasteiger partial charge in [-0.1, -0.05) is 18.2 Å². The number of carbonyl (C=O) groups excluding carboxylic acids is 1. The molecule has 1 fully saturated rings. The monoisotopic (exact) mass is 311 g/mol. The summed E-state index contributed by atoms with van der Waals surface area (Å²) in [7, 11) is 2.12. The predicted molar refractivity (Wildman–Crippen MR) is 93.6 cm³/mol. The van der Waals surface area contributed by atoms with Crippen LogP contribution in [0.25, 0.3) is 10.9 Å². The van der Waals surface area contributed by atoms with Gasteiger partial charge in [0.15, 0.2) is 0 Å². The summed E-state index contributed by atoms with van der Waals surface area (Å²) < 4.78 is 0. The van der Waals surface area contributed by atoms with Gasteiger partial charge in [0, 0.05) is 30.7 Å². The lowest BCUT2D eigenvalue weighted by molar-refractivity contribution is -0.130. The Balaban J connectivity index is 1.84. The molecule has 2 heterocycles. The van der Waals surface area contributed by atoms with Crippen LogP contribution in [0, 0.1) is 13.8 Å². The van der Waals surface area contributed by atoms with Crippen molar-refractivity contribution >= 4 is 16.8 Å². The van der Waals surface area contributed by atoms with E-state index in [4.69, 9.17) is 0 Å². The average molecular weight is 311 g/mol. The highest BCUT2D eigenvalue weighted by Gasteiger charge is 2.20. The van der Waals surface area contributed by atoms with Gasteiger partial charge in [0.05, 0.1) is 11.9 Å². The largest absolute Gasteiger partial charge is 0.341 e. The summed E-state index contributed by atoms with van der Waals surface area (Å²) in [6.45, 7) is 7.84. The van der Waals surface area contributed by atoms with Crippen molar-refractivity contribution in [1.82, 2.24) is 14.8 Å². The number of aryl methyl sites for hydroxylation is 2. The molecule has 2 aromatic rings. The Kier molecular flexibility index (Phi) is 4.62. The zero-order chi connectivity index (χ0) is 16.4. The first-order valence-corrected chi connectivity index (χ1v) is 8.37. The van der Waals surface area contributed by atoms with Crippen LogP contribution in [-0.2, 0) is 11.2 Å². The second kappa shape index (κ2) is 6.67. The lowest BCUT2D eigenvalue weighted by Gasteiger charge is -2.22. The minimum absolute atomic E-state index is 0.226. The van der Waals surface area contributed by atoms with Gasteiger partial charge in [0.25, 0.3) is 0 Å². The fourth-order valence-corrected chi connectivity index (χ4v) is 3.39. The number of amides is 1. The molecule has 1 aromatic heterocycles. The summed E-state index contributed by atoms with van der Waals surface area (Å²) in [5, 5.41) is 1.15. The molecule has 122 valence electrons. The highest BCUT2D eigenvalue weighted by molar-refractivity contribution is 5.86. The first-order chi connectivity index (χ1) is 11.1. The van der Waals surface area contributed by atoms with Crippen LogP contribution in [-0.4, -0.2) is 53.9 Å². The molecule has 0 radical (unpaired) electrons. The highest BCUT2D eigenvalue weighted by Crippen LogP contribution is 2.23. The number of nitrogens with zero attached hydrogens (tertiary/aromatic N) is 3. The van der Waals surface area contributed by atoms with Gasteiger partial charge in [-0.3, -0.25) is 9.78 Å². The van der Waals surface area contributed by atoms with Gasteiger partial charge < -0.3 is 9.80 Å². The minimum atomic E-state index is 0.226. The zero-order valence-electron chi connectivity index (χ0n) is 14.3. The van der Waals surface area contributed by atoms with Crippen LogP contribution in [0.3, 0.4) is 0 Å². The normalized spacial score (nSPS) is 16.6. The van der Waals surface area contributed by atoms with Crippen molar-refractivity contribution in [1.29, 1.82) is 0 Å². The second-order valence-corrected chi connectivity index (χ2v) is 6.53. The average Bonchev–Trinajstić information content (AvgIpc) is 2.76. The molecule has 0 unspecified atom stereocenters. The fourth-order valence-electron chi connectivity index (χ4n) is 3.39. The van der Waals surface area contributed by atoms with Crippen LogP contribution in [0.5, 0.6) is 0 Å². The van der Waals surface area contributed by atoms with Crippen molar-refractivity contribution < 1.29 is 4.79 Å². The number of aromatic nitrogens is 1. The third-order valence-corrected chi connectivity index (χ3v) is 4.89. The van der Waals surface area contributed by atoms with Gasteiger partial charge >= 0.3 is 0 Å². The Labute approximate surface area is 138 Å². The highest BCUT2D eigenvalue weighted by atomic mass is 16.2. The first kappa shape index (κ1) is 15.9. The number of rotatable bonds is 2. The molecule has 4 heteroatoms. The maximum atomic E-state index is 12.7. The summed E-state index contributed by atoms with van der Waals surface area (Å²) in [4.78, 5) is 21.7. The first-order valence-electron chi connectivity index (χ1n) is 8.37. The second-order valence-electron chi connectivity index (χ2n) is 6.53. The van der Waals surface area contributed by atoms with Crippen molar-refractivity contribution in [2.75, 3.05) is 33.2 Å². The Hall–Kier alpha value is -1.94. The molecule has 0 saturated carbocycles. The molecule has 4 nitrogen and oxygen atoms in total. The molecule has 0 atom stereocenters. The number of hydrogen-bond donors (Lipinski definition) is 0. The number of pyridine rings is 1. The Bertz CT molecular complexity index is 726. The lowest BCUT2D eigenvalue weighted by Crippen LogP contribution is -2.35. The predicted octanol–water partition coefficient (Wildman–Crippen LogP) is 2.56. The van der Waals surface area contributed by atoms with Crippen molar-refractivity contribution in [3.05, 3.63) is 41.1 Å². The third kappa shape index (κ3) is 3.37. The Morgan fingerprint density at radius 1 is 1.13 bits per heavy atom. The van der Waals surface area contributed by atoms with Gasteiger partial charge in [-0.2, -0.15) is 0 Å². The van der Waals surface area contributed by atoms with Crippen LogP contribution in [0.2, 0.25) is 0 Å². The van der Waals surface area contributed by atoms with Crippen LogP contribution in [0.4, 0.5) is 0 Å². The van der Waals surface area contributed by atoms with Gasteiger partial charge in [-0.25, -0.2) is 0 Å². The third-order valence-electron chi connectivity index (χ3n) is 4.89. The number of hydrogen-bond acceptors (Lipinski definition) is 3. The summed E-state index contributed by atoms with van der Waals surface area (Å²) in [5.41, 5.74) is 4.26. The topological polar surface area (TPSA) is 36.4 Å². The fraction of sp³-hybridized carbons (Fsp3) is 0.474. The number of fused-ring (bicyclic) bond motifs is 1. The quantitative estimate of drug-likeness (QED) is 0.855. The molecule has 1 amide bonds. The zero-order valence-corrected chi connectivity index (χ0v) is 14.3. The van der Waals surface area contributed by atoms with E-state index in [1.807, 2.05) is 30.0 Å². The molecule has 1 aliphatic rings. The Morgan fingerprint density at radius 3 is 2.74 bits per heavy atom. The van der Waals surface area contributed by atoms with E-state index in [0.29, 0.717) is 6.42 Å². The van der Waals surface area contributed by atoms with Gasteiger partial charge in [-0.05, 0) is 51.1 Å². The van der Waals surface area contributed by atoms with Crippen LogP contribution in [0.1, 0.15) is 23.2 Å². The van der Waals surface area contributed by atoms with Crippen molar-refractivity contribution in [3.8, 4) is 0 Å². The van der Waals surface area contributed by atoms with Crippen molar-refractivity contribution in [2.24, 2.45) is 0 Å². The standard InChI is InChI=1S/C19H25N3O/c1-14-16-7-4-5-8-18(16)20-15(2)17(14)13-19(23)22-10-6-9-21(3)11-12-22/h4-5,7-8H,6,9-13H2,1-3H3. The van der Waals surface area contributed by atoms with Crippen LogP contribution >= 0.6 is 0 Å². The SMILES string of the molecule is Cc1nc2ccccc2c(C)c1CC(=O)N1CCCN(C)CC1. The molecule has 1 aliphatic heterocycles. The molecule has 0 spiro atoms. The molecular weight excluding hydrogens is 286 g/mol. The number of carbonyl (C=O) groups is 1. The van der Waals surface area contributed by atoms with Gasteiger partial charge in [0.2, 0.25) is 5.91 Å². The minimum Gasteiger partial charge on any atom is -0.341 e. The Morgan fingerprint density at radius 2 is 1.91 bits per heavy atom. The molecule has 0 aliphatic carbocycles. The molecule has 0 N–H and O–H groups in total. The molecule has 1 saturated heterocycles. The molecule has 23 heavy (non-hydrogen) atoms. The summed E-state index contributed by atoms with van der Waals surface area (Å²) >= 11 is 0. The lowest BCUT2D eigenvalue weighted by atomic mass is 9.99. The van der Waals surface area contributed by atoms with Crippen LogP contribution < -0.4 is 0 Å². The van der Waals surface area contributed by atoms with Gasteiger partial charge in [0.1, 0.15) is 0 Å². The van der Waals surface area contributed by atoms with E-state index in [9.17, 15) is 4.79 Å². The molecule has 1 aromatic carbocycles.